The Balaban J connectivity index is 2.25. The SMILES string of the molecule is CC(C)(C)C(=O)C(NC(=O)c1ccccc1)n1cncn1. The zero-order valence-corrected chi connectivity index (χ0v) is 12.3. The highest BCUT2D eigenvalue weighted by Crippen LogP contribution is 2.21. The van der Waals surface area contributed by atoms with Gasteiger partial charge in [-0.2, -0.15) is 5.10 Å². The van der Waals surface area contributed by atoms with E-state index in [1.165, 1.54) is 17.3 Å². The van der Waals surface area contributed by atoms with Crippen molar-refractivity contribution in [3.05, 3.63) is 48.5 Å². The van der Waals surface area contributed by atoms with E-state index >= 15 is 0 Å². The Morgan fingerprint density at radius 1 is 1.19 bits per heavy atom. The molecule has 6 nitrogen and oxygen atoms in total. The number of carbonyl (C=O) groups is 2. The minimum Gasteiger partial charge on any atom is -0.324 e. The van der Waals surface area contributed by atoms with E-state index in [1.807, 2.05) is 6.07 Å². The van der Waals surface area contributed by atoms with Gasteiger partial charge in [0.25, 0.3) is 5.91 Å². The number of Topliss-reactive ketones (excluding diaryl/α,β-unsaturated/α-hetero) is 1. The predicted octanol–water partition coefficient (Wildman–Crippen LogP) is 1.82. The molecule has 0 aliphatic heterocycles. The summed E-state index contributed by atoms with van der Waals surface area (Å²) in [6.45, 7) is 5.40. The van der Waals surface area contributed by atoms with Crippen LogP contribution in [0.5, 0.6) is 0 Å². The van der Waals surface area contributed by atoms with Crippen LogP contribution in [-0.2, 0) is 4.79 Å². The van der Waals surface area contributed by atoms with Gasteiger partial charge >= 0.3 is 0 Å². The van der Waals surface area contributed by atoms with Crippen molar-refractivity contribution < 1.29 is 9.59 Å². The highest BCUT2D eigenvalue weighted by atomic mass is 16.2. The van der Waals surface area contributed by atoms with Crippen LogP contribution in [0.15, 0.2) is 43.0 Å². The molecule has 0 fully saturated rings. The first-order chi connectivity index (χ1) is 9.89. The maximum absolute atomic E-state index is 12.5. The topological polar surface area (TPSA) is 76.9 Å². The van der Waals surface area contributed by atoms with Gasteiger partial charge in [-0.1, -0.05) is 39.0 Å². The van der Waals surface area contributed by atoms with Crippen LogP contribution in [0.25, 0.3) is 0 Å². The third-order valence-corrected chi connectivity index (χ3v) is 2.99. The fraction of sp³-hybridized carbons (Fsp3) is 0.333. The molecule has 0 saturated heterocycles. The summed E-state index contributed by atoms with van der Waals surface area (Å²) >= 11 is 0. The van der Waals surface area contributed by atoms with Crippen molar-refractivity contribution in [3.8, 4) is 0 Å². The van der Waals surface area contributed by atoms with E-state index in [9.17, 15) is 9.59 Å². The average molecular weight is 286 g/mol. The van der Waals surface area contributed by atoms with Crippen LogP contribution in [0.1, 0.15) is 37.3 Å². The smallest absolute Gasteiger partial charge is 0.253 e. The minimum atomic E-state index is -0.875. The molecular weight excluding hydrogens is 268 g/mol. The highest BCUT2D eigenvalue weighted by molar-refractivity contribution is 5.98. The standard InChI is InChI=1S/C15H18N4O2/c1-15(2,3)12(20)13(19-10-16-9-17-19)18-14(21)11-7-5-4-6-8-11/h4-10,13H,1-3H3,(H,18,21). The third-order valence-electron chi connectivity index (χ3n) is 2.99. The van der Waals surface area contributed by atoms with Crippen molar-refractivity contribution in [2.45, 2.75) is 26.9 Å². The van der Waals surface area contributed by atoms with E-state index in [2.05, 4.69) is 15.4 Å². The second-order valence-electron chi connectivity index (χ2n) is 5.73. The molecule has 2 rings (SSSR count). The average Bonchev–Trinajstić information content (AvgIpc) is 2.97. The van der Waals surface area contributed by atoms with Crippen molar-refractivity contribution in [1.82, 2.24) is 20.1 Å². The Morgan fingerprint density at radius 3 is 2.38 bits per heavy atom. The minimum absolute atomic E-state index is 0.141. The number of amides is 1. The Kier molecular flexibility index (Phi) is 4.16. The summed E-state index contributed by atoms with van der Waals surface area (Å²) < 4.78 is 1.36. The second kappa shape index (κ2) is 5.87. The van der Waals surface area contributed by atoms with E-state index in [-0.39, 0.29) is 11.7 Å². The Morgan fingerprint density at radius 2 is 1.86 bits per heavy atom. The maximum atomic E-state index is 12.5. The number of benzene rings is 1. The zero-order valence-electron chi connectivity index (χ0n) is 12.3. The second-order valence-corrected chi connectivity index (χ2v) is 5.73. The van der Waals surface area contributed by atoms with Gasteiger partial charge in [0.2, 0.25) is 0 Å². The Labute approximate surface area is 123 Å². The Bertz CT molecular complexity index is 615. The summed E-state index contributed by atoms with van der Waals surface area (Å²) in [5, 5.41) is 6.68. The number of carbonyl (C=O) groups excluding carboxylic acids is 2. The lowest BCUT2D eigenvalue weighted by molar-refractivity contribution is -0.130. The molecule has 0 aliphatic carbocycles. The van der Waals surface area contributed by atoms with Crippen molar-refractivity contribution in [2.75, 3.05) is 0 Å². The molecule has 1 unspecified atom stereocenters. The summed E-state index contributed by atoms with van der Waals surface area (Å²) in [6, 6.07) is 8.74. The summed E-state index contributed by atoms with van der Waals surface area (Å²) in [4.78, 5) is 28.6. The van der Waals surface area contributed by atoms with Crippen molar-refractivity contribution in [2.24, 2.45) is 5.41 Å². The molecule has 0 aliphatic rings. The van der Waals surface area contributed by atoms with Crippen LogP contribution >= 0.6 is 0 Å². The first-order valence-corrected chi connectivity index (χ1v) is 6.64. The molecule has 21 heavy (non-hydrogen) atoms. The molecule has 1 heterocycles. The lowest BCUT2D eigenvalue weighted by Crippen LogP contribution is -2.42. The number of rotatable bonds is 4. The van der Waals surface area contributed by atoms with Crippen LogP contribution < -0.4 is 5.32 Å². The molecule has 6 heteroatoms. The van der Waals surface area contributed by atoms with E-state index < -0.39 is 11.6 Å². The van der Waals surface area contributed by atoms with Crippen LogP contribution in [0, 0.1) is 5.41 Å². The molecule has 1 aromatic carbocycles. The van der Waals surface area contributed by atoms with Gasteiger partial charge in [-0.3, -0.25) is 9.59 Å². The predicted molar refractivity (Wildman–Crippen MR) is 77.4 cm³/mol. The molecule has 0 bridgehead atoms. The quantitative estimate of drug-likeness (QED) is 0.930. The number of ketones is 1. The molecule has 1 atom stereocenters. The molecule has 1 aromatic heterocycles. The normalized spacial score (nSPS) is 12.7. The molecule has 1 amide bonds. The highest BCUT2D eigenvalue weighted by Gasteiger charge is 2.32. The van der Waals surface area contributed by atoms with E-state index in [4.69, 9.17) is 0 Å². The largest absolute Gasteiger partial charge is 0.324 e. The molecule has 0 spiro atoms. The fourth-order valence-corrected chi connectivity index (χ4v) is 1.81. The van der Waals surface area contributed by atoms with Crippen LogP contribution in [0.2, 0.25) is 0 Å². The van der Waals surface area contributed by atoms with Gasteiger partial charge in [-0.25, -0.2) is 9.67 Å². The van der Waals surface area contributed by atoms with Gasteiger partial charge in [-0.15, -0.1) is 0 Å². The lowest BCUT2D eigenvalue weighted by atomic mass is 9.89. The van der Waals surface area contributed by atoms with E-state index in [0.29, 0.717) is 5.56 Å². The van der Waals surface area contributed by atoms with Gasteiger partial charge in [0.15, 0.2) is 11.9 Å². The van der Waals surface area contributed by atoms with Crippen molar-refractivity contribution >= 4 is 11.7 Å². The number of nitrogens with zero attached hydrogens (tertiary/aromatic N) is 3. The first-order valence-electron chi connectivity index (χ1n) is 6.64. The van der Waals surface area contributed by atoms with Crippen LogP contribution in [0.3, 0.4) is 0 Å². The summed E-state index contributed by atoms with van der Waals surface area (Å²) in [5.41, 5.74) is -0.120. The van der Waals surface area contributed by atoms with Gasteiger partial charge in [0.1, 0.15) is 12.7 Å². The fourth-order valence-electron chi connectivity index (χ4n) is 1.81. The molecule has 0 saturated carbocycles. The molecule has 0 radical (unpaired) electrons. The molecule has 110 valence electrons. The lowest BCUT2D eigenvalue weighted by Gasteiger charge is -2.25. The van der Waals surface area contributed by atoms with Gasteiger partial charge in [-0.05, 0) is 12.1 Å². The molecule has 1 N–H and O–H groups in total. The van der Waals surface area contributed by atoms with Gasteiger partial charge in [0.05, 0.1) is 0 Å². The van der Waals surface area contributed by atoms with Gasteiger partial charge in [0, 0.05) is 11.0 Å². The summed E-state index contributed by atoms with van der Waals surface area (Å²) in [5.74, 6) is -0.467. The zero-order chi connectivity index (χ0) is 15.5. The maximum Gasteiger partial charge on any atom is 0.253 e. The van der Waals surface area contributed by atoms with Crippen LogP contribution in [0.4, 0.5) is 0 Å². The third kappa shape index (κ3) is 3.53. The number of aromatic nitrogens is 3. The van der Waals surface area contributed by atoms with Crippen molar-refractivity contribution in [1.29, 1.82) is 0 Å². The Hall–Kier alpha value is -2.50. The summed E-state index contributed by atoms with van der Waals surface area (Å²) in [7, 11) is 0. The number of nitrogens with one attached hydrogen (secondary N) is 1. The molecular formula is C15H18N4O2. The monoisotopic (exact) mass is 286 g/mol. The number of hydrogen-bond acceptors (Lipinski definition) is 4. The first kappa shape index (κ1) is 14.9. The summed E-state index contributed by atoms with van der Waals surface area (Å²) in [6.07, 6.45) is 1.87. The van der Waals surface area contributed by atoms with E-state index in [1.54, 1.807) is 45.0 Å². The van der Waals surface area contributed by atoms with Gasteiger partial charge < -0.3 is 5.32 Å². The van der Waals surface area contributed by atoms with E-state index in [0.717, 1.165) is 0 Å². The van der Waals surface area contributed by atoms with Crippen molar-refractivity contribution in [3.63, 3.8) is 0 Å². The molecule has 2 aromatic rings. The van der Waals surface area contributed by atoms with Crippen LogP contribution in [-0.4, -0.2) is 26.5 Å². The number of hydrogen-bond donors (Lipinski definition) is 1.